The van der Waals surface area contributed by atoms with Crippen molar-refractivity contribution >= 4 is 15.9 Å². The predicted molar refractivity (Wildman–Crippen MR) is 77.3 cm³/mol. The van der Waals surface area contributed by atoms with Gasteiger partial charge >= 0.3 is 0 Å². The van der Waals surface area contributed by atoms with Crippen LogP contribution in [-0.2, 0) is 27.4 Å². The van der Waals surface area contributed by atoms with Gasteiger partial charge in [-0.15, -0.1) is 0 Å². The van der Waals surface area contributed by atoms with Crippen LogP contribution in [0.2, 0.25) is 0 Å². The molecule has 0 aliphatic heterocycles. The smallest absolute Gasteiger partial charge is 0.0897 e. The second kappa shape index (κ2) is 9.47. The first-order chi connectivity index (χ1) is 9.20. The van der Waals surface area contributed by atoms with Gasteiger partial charge in [0.1, 0.15) is 0 Å². The van der Waals surface area contributed by atoms with Crippen molar-refractivity contribution in [2.75, 3.05) is 33.5 Å². The summed E-state index contributed by atoms with van der Waals surface area (Å²) < 4.78 is 19.0. The zero-order valence-electron chi connectivity index (χ0n) is 11.9. The summed E-state index contributed by atoms with van der Waals surface area (Å²) >= 11 is 3.54. The molecule has 1 aromatic rings. The fourth-order valence-electron chi connectivity index (χ4n) is 1.70. The Bertz CT molecular complexity index is 369. The molecule has 0 saturated carbocycles. The summed E-state index contributed by atoms with van der Waals surface area (Å²) in [4.78, 5) is 0. The number of rotatable bonds is 10. The maximum absolute atomic E-state index is 5.62. The monoisotopic (exact) mass is 334 g/mol. The first-order valence-corrected chi connectivity index (χ1v) is 7.36. The van der Waals surface area contributed by atoms with Crippen LogP contribution in [0.3, 0.4) is 0 Å². The van der Waals surface area contributed by atoms with Crippen LogP contribution in [0.15, 0.2) is 4.47 Å². The Morgan fingerprint density at radius 2 is 1.89 bits per heavy atom. The van der Waals surface area contributed by atoms with E-state index in [0.29, 0.717) is 26.4 Å². The van der Waals surface area contributed by atoms with Gasteiger partial charge in [0.2, 0.25) is 0 Å². The summed E-state index contributed by atoms with van der Waals surface area (Å²) in [7, 11) is 1.69. The Hall–Kier alpha value is -0.430. The summed E-state index contributed by atoms with van der Waals surface area (Å²) in [6.45, 7) is 8.11. The predicted octanol–water partition coefficient (Wildman–Crippen LogP) is 2.54. The molecule has 0 amide bonds. The topological polar surface area (TPSA) is 45.5 Å². The quantitative estimate of drug-likeness (QED) is 0.617. The first-order valence-electron chi connectivity index (χ1n) is 6.56. The number of halogens is 1. The number of methoxy groups -OCH3 is 1. The molecule has 0 radical (unpaired) electrons. The highest BCUT2D eigenvalue weighted by molar-refractivity contribution is 9.10. The summed E-state index contributed by atoms with van der Waals surface area (Å²) in [5, 5.41) is 4.42. The molecule has 0 unspecified atom stereocenters. The first kappa shape index (κ1) is 16.6. The summed E-state index contributed by atoms with van der Waals surface area (Å²) in [6, 6.07) is 0. The zero-order valence-corrected chi connectivity index (χ0v) is 13.5. The molecule has 0 fully saturated rings. The third-order valence-corrected chi connectivity index (χ3v) is 3.73. The van der Waals surface area contributed by atoms with Gasteiger partial charge in [-0.25, -0.2) is 0 Å². The number of hydrogen-bond donors (Lipinski definition) is 0. The molecule has 0 aliphatic rings. The van der Waals surface area contributed by atoms with Crippen molar-refractivity contribution in [3.8, 4) is 0 Å². The molecule has 5 nitrogen and oxygen atoms in total. The average Bonchev–Trinajstić information content (AvgIpc) is 2.69. The molecule has 1 aromatic heterocycles. The molecule has 1 rings (SSSR count). The van der Waals surface area contributed by atoms with Crippen molar-refractivity contribution < 1.29 is 14.2 Å². The number of aryl methyl sites for hydroxylation is 2. The second-order valence-electron chi connectivity index (χ2n) is 4.17. The minimum Gasteiger partial charge on any atom is -0.385 e. The van der Waals surface area contributed by atoms with Crippen molar-refractivity contribution in [2.24, 2.45) is 0 Å². The van der Waals surface area contributed by atoms with E-state index >= 15 is 0 Å². The second-order valence-corrected chi connectivity index (χ2v) is 4.97. The SMILES string of the molecule is CCn1nc(C)c(Br)c1COCCOCCCOC. The molecule has 1 heterocycles. The van der Waals surface area contributed by atoms with E-state index in [1.807, 2.05) is 11.6 Å². The van der Waals surface area contributed by atoms with Crippen molar-refractivity contribution in [3.05, 3.63) is 15.9 Å². The van der Waals surface area contributed by atoms with Crippen LogP contribution in [0.1, 0.15) is 24.7 Å². The molecular weight excluding hydrogens is 312 g/mol. The third-order valence-electron chi connectivity index (χ3n) is 2.70. The molecule has 6 heteroatoms. The van der Waals surface area contributed by atoms with Gasteiger partial charge < -0.3 is 14.2 Å². The Labute approximate surface area is 123 Å². The Morgan fingerprint density at radius 3 is 2.58 bits per heavy atom. The van der Waals surface area contributed by atoms with Gasteiger partial charge in [0.15, 0.2) is 0 Å². The van der Waals surface area contributed by atoms with Crippen LogP contribution >= 0.6 is 15.9 Å². The Balaban J connectivity index is 2.19. The van der Waals surface area contributed by atoms with E-state index in [1.165, 1.54) is 0 Å². The van der Waals surface area contributed by atoms with E-state index in [1.54, 1.807) is 7.11 Å². The number of ether oxygens (including phenoxy) is 3. The lowest BCUT2D eigenvalue weighted by Crippen LogP contribution is -2.09. The molecule has 0 spiro atoms. The average molecular weight is 335 g/mol. The fourth-order valence-corrected chi connectivity index (χ4v) is 2.10. The maximum Gasteiger partial charge on any atom is 0.0897 e. The third kappa shape index (κ3) is 5.60. The maximum atomic E-state index is 5.62. The van der Waals surface area contributed by atoms with Gasteiger partial charge in [-0.3, -0.25) is 4.68 Å². The van der Waals surface area contributed by atoms with Crippen LogP contribution in [0.25, 0.3) is 0 Å². The molecule has 0 N–H and O–H groups in total. The van der Waals surface area contributed by atoms with Gasteiger partial charge in [-0.05, 0) is 36.2 Å². The molecule has 0 aliphatic carbocycles. The van der Waals surface area contributed by atoms with Crippen molar-refractivity contribution in [1.29, 1.82) is 0 Å². The van der Waals surface area contributed by atoms with Crippen molar-refractivity contribution in [1.82, 2.24) is 9.78 Å². The molecule has 0 saturated heterocycles. The van der Waals surface area contributed by atoms with Gasteiger partial charge in [-0.2, -0.15) is 5.10 Å². The normalized spacial score (nSPS) is 11.2. The van der Waals surface area contributed by atoms with Crippen LogP contribution in [0, 0.1) is 6.92 Å². The van der Waals surface area contributed by atoms with Crippen LogP contribution in [0.4, 0.5) is 0 Å². The number of nitrogens with zero attached hydrogens (tertiary/aromatic N) is 2. The van der Waals surface area contributed by atoms with E-state index in [4.69, 9.17) is 14.2 Å². The van der Waals surface area contributed by atoms with Crippen molar-refractivity contribution in [3.63, 3.8) is 0 Å². The number of hydrogen-bond acceptors (Lipinski definition) is 4. The van der Waals surface area contributed by atoms with E-state index in [2.05, 4.69) is 28.0 Å². The highest BCUT2D eigenvalue weighted by atomic mass is 79.9. The van der Waals surface area contributed by atoms with E-state index in [9.17, 15) is 0 Å². The van der Waals surface area contributed by atoms with Gasteiger partial charge in [0.05, 0.1) is 35.7 Å². The zero-order chi connectivity index (χ0) is 14.1. The summed E-state index contributed by atoms with van der Waals surface area (Å²) in [5.74, 6) is 0. The minimum atomic E-state index is 0.552. The highest BCUT2D eigenvalue weighted by Gasteiger charge is 2.11. The molecule has 0 aromatic carbocycles. The highest BCUT2D eigenvalue weighted by Crippen LogP contribution is 2.21. The van der Waals surface area contributed by atoms with Crippen LogP contribution < -0.4 is 0 Å². The van der Waals surface area contributed by atoms with Crippen LogP contribution in [-0.4, -0.2) is 43.3 Å². The van der Waals surface area contributed by atoms with E-state index < -0.39 is 0 Å². The summed E-state index contributed by atoms with van der Waals surface area (Å²) in [6.07, 6.45) is 0.920. The lowest BCUT2D eigenvalue weighted by Gasteiger charge is -2.07. The van der Waals surface area contributed by atoms with Crippen molar-refractivity contribution in [2.45, 2.75) is 33.4 Å². The largest absolute Gasteiger partial charge is 0.385 e. The lowest BCUT2D eigenvalue weighted by molar-refractivity contribution is 0.0315. The standard InChI is InChI=1S/C13H23BrN2O3/c1-4-16-12(13(14)11(2)15-16)10-19-9-8-18-7-5-6-17-3/h4-10H2,1-3H3. The molecule has 110 valence electrons. The van der Waals surface area contributed by atoms with E-state index in [-0.39, 0.29) is 0 Å². The minimum absolute atomic E-state index is 0.552. The molecule has 0 bridgehead atoms. The Kier molecular flexibility index (Phi) is 8.29. The summed E-state index contributed by atoms with van der Waals surface area (Å²) in [5.41, 5.74) is 2.08. The molecule has 0 atom stereocenters. The number of aromatic nitrogens is 2. The van der Waals surface area contributed by atoms with Gasteiger partial charge in [0.25, 0.3) is 0 Å². The Morgan fingerprint density at radius 1 is 1.16 bits per heavy atom. The van der Waals surface area contributed by atoms with Crippen LogP contribution in [0.5, 0.6) is 0 Å². The van der Waals surface area contributed by atoms with Gasteiger partial charge in [-0.1, -0.05) is 0 Å². The molecule has 19 heavy (non-hydrogen) atoms. The lowest BCUT2D eigenvalue weighted by atomic mass is 10.4. The molecular formula is C13H23BrN2O3. The van der Waals surface area contributed by atoms with Gasteiger partial charge in [0, 0.05) is 26.9 Å². The fraction of sp³-hybridized carbons (Fsp3) is 0.769. The van der Waals surface area contributed by atoms with E-state index in [0.717, 1.165) is 35.4 Å².